The van der Waals surface area contributed by atoms with Gasteiger partial charge in [-0.15, -0.1) is 6.54 Å². The molecule has 8 nitrogen and oxygen atoms in total. The van der Waals surface area contributed by atoms with Crippen molar-refractivity contribution in [2.45, 2.75) is 12.8 Å². The van der Waals surface area contributed by atoms with E-state index in [2.05, 4.69) is 17.3 Å². The molecule has 0 aromatic carbocycles. The SMILES string of the molecule is CN(CCC[NH-])CCCNC=C1C=CC=CC1=O.O=[N+](O)O.[Ni+2]. The van der Waals surface area contributed by atoms with Crippen LogP contribution in [-0.4, -0.2) is 59.4 Å². The molecule has 0 unspecified atom stereocenters. The van der Waals surface area contributed by atoms with Crippen LogP contribution in [0.4, 0.5) is 0 Å². The van der Waals surface area contributed by atoms with E-state index in [4.69, 9.17) is 21.1 Å². The number of hydrogen-bond acceptors (Lipinski definition) is 4. The van der Waals surface area contributed by atoms with Crippen LogP contribution in [-0.2, 0) is 21.3 Å². The van der Waals surface area contributed by atoms with E-state index >= 15 is 0 Å². The van der Waals surface area contributed by atoms with E-state index in [1.807, 2.05) is 12.2 Å². The molecular weight excluding hydrogens is 347 g/mol. The number of nitrogens with one attached hydrogen (secondary N) is 2. The summed E-state index contributed by atoms with van der Waals surface area (Å²) in [6.07, 6.45) is 10.8. The zero-order chi connectivity index (χ0) is 16.8. The topological polar surface area (TPSA) is 117 Å². The number of carbonyl (C=O) groups excluding carboxylic acids is 1. The van der Waals surface area contributed by atoms with Crippen LogP contribution >= 0.6 is 0 Å². The molecule has 0 bridgehead atoms. The molecule has 0 amide bonds. The predicted molar refractivity (Wildman–Crippen MR) is 82.5 cm³/mol. The van der Waals surface area contributed by atoms with Crippen LogP contribution in [0.15, 0.2) is 36.1 Å². The van der Waals surface area contributed by atoms with Crippen LogP contribution in [0.5, 0.6) is 0 Å². The standard InChI is InChI=1S/C14H22N3O.H2NO3.Ni/c1-17(10-4-8-15)11-5-9-16-12-13-6-2-3-7-14(13)18;2-1(3)4;/h2-3,6-7,12,15-16H,4-5,8-11H2,1H3;(H2,2,3,4);/q-1;+1;+2. The normalized spacial score (nSPS) is 14.2. The van der Waals surface area contributed by atoms with Crippen LogP contribution in [0.2, 0.25) is 0 Å². The van der Waals surface area contributed by atoms with Crippen molar-refractivity contribution in [3.05, 3.63) is 46.7 Å². The summed E-state index contributed by atoms with van der Waals surface area (Å²) in [6.45, 7) is 3.35. The fourth-order valence-electron chi connectivity index (χ4n) is 1.69. The van der Waals surface area contributed by atoms with E-state index in [1.165, 1.54) is 0 Å². The zero-order valence-corrected chi connectivity index (χ0v) is 14.0. The molecule has 1 aliphatic rings. The van der Waals surface area contributed by atoms with Crippen LogP contribution in [0.3, 0.4) is 0 Å². The monoisotopic (exact) mass is 370 g/mol. The van der Waals surface area contributed by atoms with Gasteiger partial charge in [-0.2, -0.15) is 0 Å². The second-order valence-electron chi connectivity index (χ2n) is 4.65. The van der Waals surface area contributed by atoms with Gasteiger partial charge in [0.2, 0.25) is 0 Å². The first kappa shape index (κ1) is 23.6. The van der Waals surface area contributed by atoms with E-state index in [0.717, 1.165) is 32.5 Å². The Labute approximate surface area is 146 Å². The minimum absolute atomic E-state index is 0. The summed E-state index contributed by atoms with van der Waals surface area (Å²) < 4.78 is 0. The number of nitrogens with zero attached hydrogens (tertiary/aromatic N) is 2. The Morgan fingerprint density at radius 1 is 1.26 bits per heavy atom. The average Bonchev–Trinajstić information content (AvgIpc) is 2.46. The molecule has 1 aliphatic carbocycles. The largest absolute Gasteiger partial charge is 2.00 e. The van der Waals surface area contributed by atoms with Gasteiger partial charge >= 0.3 is 21.6 Å². The Morgan fingerprint density at radius 3 is 2.39 bits per heavy atom. The molecule has 0 saturated carbocycles. The van der Waals surface area contributed by atoms with Crippen molar-refractivity contribution in [1.29, 1.82) is 0 Å². The average molecular weight is 371 g/mol. The molecule has 9 heteroatoms. The number of rotatable bonds is 8. The first-order chi connectivity index (χ1) is 10.5. The summed E-state index contributed by atoms with van der Waals surface area (Å²) in [7, 11) is 2.08. The Bertz CT molecular complexity index is 434. The molecule has 0 saturated heterocycles. The smallest absolute Gasteiger partial charge is 0.677 e. The van der Waals surface area contributed by atoms with Gasteiger partial charge in [0.1, 0.15) is 4.91 Å². The maximum Gasteiger partial charge on any atom is 2.00 e. The van der Waals surface area contributed by atoms with Crippen LogP contribution in [0.25, 0.3) is 5.73 Å². The molecule has 0 fully saturated rings. The van der Waals surface area contributed by atoms with E-state index < -0.39 is 5.09 Å². The van der Waals surface area contributed by atoms with Gasteiger partial charge in [0.05, 0.1) is 0 Å². The minimum atomic E-state index is -1.25. The molecule has 0 heterocycles. The second-order valence-corrected chi connectivity index (χ2v) is 4.65. The van der Waals surface area contributed by atoms with Gasteiger partial charge in [-0.05, 0) is 38.7 Å². The number of carbonyl (C=O) groups is 1. The van der Waals surface area contributed by atoms with Crippen LogP contribution in [0.1, 0.15) is 12.8 Å². The molecule has 1 rings (SSSR count). The van der Waals surface area contributed by atoms with Crippen molar-refractivity contribution >= 4 is 5.78 Å². The predicted octanol–water partition coefficient (Wildman–Crippen LogP) is 1.46. The Morgan fingerprint density at radius 2 is 1.83 bits per heavy atom. The Balaban J connectivity index is 0. The van der Waals surface area contributed by atoms with E-state index in [-0.39, 0.29) is 22.3 Å². The fourth-order valence-corrected chi connectivity index (χ4v) is 1.69. The Hall–Kier alpha value is -1.70. The van der Waals surface area contributed by atoms with Gasteiger partial charge in [-0.25, -0.2) is 10.4 Å². The van der Waals surface area contributed by atoms with Gasteiger partial charge < -0.3 is 16.0 Å². The van der Waals surface area contributed by atoms with Gasteiger partial charge in [-0.3, -0.25) is 4.79 Å². The summed E-state index contributed by atoms with van der Waals surface area (Å²) in [5, 5.41) is 15.7. The van der Waals surface area contributed by atoms with Crippen molar-refractivity contribution in [1.82, 2.24) is 10.2 Å². The zero-order valence-electron chi connectivity index (χ0n) is 13.1. The molecule has 23 heavy (non-hydrogen) atoms. The third kappa shape index (κ3) is 15.0. The van der Waals surface area contributed by atoms with Crippen LogP contribution < -0.4 is 5.32 Å². The van der Waals surface area contributed by atoms with Gasteiger partial charge in [0.15, 0.2) is 5.78 Å². The summed E-state index contributed by atoms with van der Waals surface area (Å²) >= 11 is 0. The molecule has 0 aromatic heterocycles. The summed E-state index contributed by atoms with van der Waals surface area (Å²) in [4.78, 5) is 22.1. The quantitative estimate of drug-likeness (QED) is 0.258. The van der Waals surface area contributed by atoms with Gasteiger partial charge in [0, 0.05) is 18.3 Å². The first-order valence-corrected chi connectivity index (χ1v) is 6.98. The first-order valence-electron chi connectivity index (χ1n) is 6.98. The van der Waals surface area contributed by atoms with Crippen LogP contribution in [0, 0.1) is 4.91 Å². The third-order valence-electron chi connectivity index (χ3n) is 2.75. The van der Waals surface area contributed by atoms with Crippen molar-refractivity contribution in [2.24, 2.45) is 0 Å². The summed E-state index contributed by atoms with van der Waals surface area (Å²) in [6, 6.07) is 0. The summed E-state index contributed by atoms with van der Waals surface area (Å²) in [5.41, 5.74) is 7.79. The second kappa shape index (κ2) is 15.2. The van der Waals surface area contributed by atoms with Gasteiger partial charge in [-0.1, -0.05) is 18.6 Å². The number of hydrogen-bond donors (Lipinski definition) is 3. The molecule has 0 spiro atoms. The van der Waals surface area contributed by atoms with Gasteiger partial charge in [0.25, 0.3) is 0 Å². The fraction of sp³-hybridized carbons (Fsp3) is 0.500. The van der Waals surface area contributed by atoms with Crippen molar-refractivity contribution in [2.75, 3.05) is 33.2 Å². The molecule has 0 atom stereocenters. The molecule has 0 aromatic rings. The maximum absolute atomic E-state index is 11.4. The van der Waals surface area contributed by atoms with E-state index in [9.17, 15) is 4.79 Å². The maximum atomic E-state index is 11.4. The van der Waals surface area contributed by atoms with Crippen molar-refractivity contribution in [3.8, 4) is 0 Å². The minimum Gasteiger partial charge on any atom is -0.677 e. The molecule has 0 aliphatic heterocycles. The molecular formula is C14H24N4NiO4+2. The van der Waals surface area contributed by atoms with Crippen molar-refractivity contribution in [3.63, 3.8) is 0 Å². The molecule has 132 valence electrons. The summed E-state index contributed by atoms with van der Waals surface area (Å²) in [5.74, 6) is 0.0533. The van der Waals surface area contributed by atoms with Crippen molar-refractivity contribution < 1.29 is 36.8 Å². The Kier molecular flexibility index (Phi) is 15.6. The molecule has 0 radical (unpaired) electrons. The van der Waals surface area contributed by atoms with E-state index in [0.29, 0.717) is 12.1 Å². The molecule has 4 N–H and O–H groups in total. The van der Waals surface area contributed by atoms with E-state index in [1.54, 1.807) is 18.4 Å². The third-order valence-corrected chi connectivity index (χ3v) is 2.75. The number of ketones is 1. The number of allylic oxidation sites excluding steroid dienone is 5.